The van der Waals surface area contributed by atoms with Crippen molar-refractivity contribution in [1.29, 1.82) is 0 Å². The molecule has 0 radical (unpaired) electrons. The fraction of sp³-hybridized carbons (Fsp3) is 0.471. The number of aromatic nitrogens is 5. The van der Waals surface area contributed by atoms with E-state index in [1.807, 2.05) is 43.9 Å². The molecule has 0 aromatic carbocycles. The van der Waals surface area contributed by atoms with Gasteiger partial charge in [-0.25, -0.2) is 9.97 Å². The average Bonchev–Trinajstić information content (AvgIpc) is 3.05. The summed E-state index contributed by atoms with van der Waals surface area (Å²) in [5, 5.41) is 8.26. The van der Waals surface area contributed by atoms with Crippen LogP contribution in [0.2, 0.25) is 0 Å². The maximum Gasteiger partial charge on any atom is 0.160 e. The van der Waals surface area contributed by atoms with Crippen molar-refractivity contribution in [3.05, 3.63) is 41.2 Å². The van der Waals surface area contributed by atoms with Crippen LogP contribution in [0, 0.1) is 20.8 Å². The molecule has 3 aromatic rings. The highest BCUT2D eigenvalue weighted by Gasteiger charge is 2.18. The third kappa shape index (κ3) is 2.81. The van der Waals surface area contributed by atoms with Crippen molar-refractivity contribution in [2.45, 2.75) is 46.6 Å². The van der Waals surface area contributed by atoms with Gasteiger partial charge in [-0.2, -0.15) is 9.61 Å². The fourth-order valence-corrected chi connectivity index (χ4v) is 2.90. The van der Waals surface area contributed by atoms with Crippen molar-refractivity contribution in [2.24, 2.45) is 7.05 Å². The molecule has 3 heterocycles. The first-order valence-electron chi connectivity index (χ1n) is 8.08. The second-order valence-corrected chi connectivity index (χ2v) is 6.11. The lowest BCUT2D eigenvalue weighted by molar-refractivity contribution is 0.608. The summed E-state index contributed by atoms with van der Waals surface area (Å²) in [6.07, 6.45) is 5.91. The van der Waals surface area contributed by atoms with Gasteiger partial charge >= 0.3 is 0 Å². The topological polar surface area (TPSA) is 60.0 Å². The van der Waals surface area contributed by atoms with Gasteiger partial charge < -0.3 is 9.88 Å². The summed E-state index contributed by atoms with van der Waals surface area (Å²) >= 11 is 0. The van der Waals surface area contributed by atoms with Gasteiger partial charge in [-0.3, -0.25) is 0 Å². The summed E-state index contributed by atoms with van der Waals surface area (Å²) in [6, 6.07) is 2.19. The summed E-state index contributed by atoms with van der Waals surface area (Å²) in [4.78, 5) is 9.14. The van der Waals surface area contributed by atoms with E-state index in [-0.39, 0.29) is 6.04 Å². The first-order chi connectivity index (χ1) is 11.0. The standard InChI is InChI=1S/C17H24N6/c1-6-7-14(17-18-8-9-22(17)5)20-15-10-11(2)19-16-12(3)13(4)21-23(15)16/h8-10,14,20H,6-7H2,1-5H3. The Balaban J connectivity index is 2.05. The van der Waals surface area contributed by atoms with E-state index >= 15 is 0 Å². The number of anilines is 1. The summed E-state index contributed by atoms with van der Waals surface area (Å²) in [7, 11) is 2.03. The summed E-state index contributed by atoms with van der Waals surface area (Å²) in [6.45, 7) is 8.29. The van der Waals surface area contributed by atoms with Crippen molar-refractivity contribution < 1.29 is 0 Å². The zero-order chi connectivity index (χ0) is 16.6. The molecule has 0 saturated carbocycles. The molecule has 3 rings (SSSR count). The Morgan fingerprint density at radius 3 is 2.70 bits per heavy atom. The van der Waals surface area contributed by atoms with Crippen LogP contribution in [0.5, 0.6) is 0 Å². The SMILES string of the molecule is CCCC(Nc1cc(C)nc2c(C)c(C)nn12)c1nccn1C. The highest BCUT2D eigenvalue weighted by Crippen LogP contribution is 2.25. The Hall–Kier alpha value is -2.37. The number of nitrogens with zero attached hydrogens (tertiary/aromatic N) is 5. The molecule has 1 N–H and O–H groups in total. The number of fused-ring (bicyclic) bond motifs is 1. The van der Waals surface area contributed by atoms with Crippen LogP contribution in [-0.2, 0) is 7.05 Å². The number of rotatable bonds is 5. The molecule has 23 heavy (non-hydrogen) atoms. The van der Waals surface area contributed by atoms with Crippen molar-refractivity contribution >= 4 is 11.5 Å². The molecule has 0 spiro atoms. The van der Waals surface area contributed by atoms with Gasteiger partial charge in [0.15, 0.2) is 5.65 Å². The number of imidazole rings is 1. The lowest BCUT2D eigenvalue weighted by Gasteiger charge is -2.20. The van der Waals surface area contributed by atoms with Crippen LogP contribution in [0.4, 0.5) is 5.82 Å². The highest BCUT2D eigenvalue weighted by atomic mass is 15.3. The predicted octanol–water partition coefficient (Wildman–Crippen LogP) is 3.34. The highest BCUT2D eigenvalue weighted by molar-refractivity contribution is 5.56. The van der Waals surface area contributed by atoms with Crippen molar-refractivity contribution in [2.75, 3.05) is 5.32 Å². The molecule has 0 fully saturated rings. The van der Waals surface area contributed by atoms with E-state index in [1.54, 1.807) is 0 Å². The van der Waals surface area contributed by atoms with Crippen LogP contribution >= 0.6 is 0 Å². The van der Waals surface area contributed by atoms with Crippen LogP contribution in [-0.4, -0.2) is 24.1 Å². The number of hydrogen-bond acceptors (Lipinski definition) is 4. The Labute approximate surface area is 136 Å². The molecule has 0 amide bonds. The summed E-state index contributed by atoms with van der Waals surface area (Å²) < 4.78 is 3.97. The Kier molecular flexibility index (Phi) is 4.07. The lowest BCUT2D eigenvalue weighted by atomic mass is 10.1. The van der Waals surface area contributed by atoms with E-state index in [2.05, 4.69) is 38.8 Å². The number of nitrogens with one attached hydrogen (secondary N) is 1. The van der Waals surface area contributed by atoms with Gasteiger partial charge in [0, 0.05) is 36.8 Å². The van der Waals surface area contributed by atoms with E-state index in [4.69, 9.17) is 0 Å². The van der Waals surface area contributed by atoms with E-state index in [0.717, 1.165) is 47.1 Å². The zero-order valence-electron chi connectivity index (χ0n) is 14.5. The van der Waals surface area contributed by atoms with Crippen LogP contribution in [0.25, 0.3) is 5.65 Å². The minimum absolute atomic E-state index is 0.148. The predicted molar refractivity (Wildman–Crippen MR) is 91.7 cm³/mol. The van der Waals surface area contributed by atoms with Crippen molar-refractivity contribution in [1.82, 2.24) is 24.1 Å². The van der Waals surface area contributed by atoms with Crippen LogP contribution in [0.3, 0.4) is 0 Å². The van der Waals surface area contributed by atoms with Crippen LogP contribution < -0.4 is 5.32 Å². The van der Waals surface area contributed by atoms with Crippen molar-refractivity contribution in [3.8, 4) is 0 Å². The van der Waals surface area contributed by atoms with Gasteiger partial charge in [-0.15, -0.1) is 0 Å². The molecule has 1 unspecified atom stereocenters. The van der Waals surface area contributed by atoms with Crippen LogP contribution in [0.1, 0.15) is 48.6 Å². The number of hydrogen-bond donors (Lipinski definition) is 1. The Morgan fingerprint density at radius 2 is 2.04 bits per heavy atom. The van der Waals surface area contributed by atoms with Gasteiger partial charge in [-0.1, -0.05) is 13.3 Å². The van der Waals surface area contributed by atoms with Gasteiger partial charge in [0.2, 0.25) is 0 Å². The third-order valence-corrected chi connectivity index (χ3v) is 4.25. The molecule has 1 atom stereocenters. The average molecular weight is 312 g/mol. The minimum atomic E-state index is 0.148. The molecular formula is C17H24N6. The van der Waals surface area contributed by atoms with Gasteiger partial charge in [-0.05, 0) is 27.2 Å². The maximum atomic E-state index is 4.64. The van der Waals surface area contributed by atoms with E-state index < -0.39 is 0 Å². The van der Waals surface area contributed by atoms with E-state index in [9.17, 15) is 0 Å². The molecule has 0 aliphatic heterocycles. The van der Waals surface area contributed by atoms with Gasteiger partial charge in [0.05, 0.1) is 11.7 Å². The fourth-order valence-electron chi connectivity index (χ4n) is 2.90. The number of aryl methyl sites for hydroxylation is 4. The normalized spacial score (nSPS) is 12.7. The summed E-state index contributed by atoms with van der Waals surface area (Å²) in [5.41, 5.74) is 4.04. The second kappa shape index (κ2) is 6.02. The Morgan fingerprint density at radius 1 is 1.26 bits per heavy atom. The first kappa shape index (κ1) is 15.5. The van der Waals surface area contributed by atoms with Crippen molar-refractivity contribution in [3.63, 3.8) is 0 Å². The van der Waals surface area contributed by atoms with E-state index in [1.165, 1.54) is 0 Å². The molecule has 0 aliphatic carbocycles. The largest absolute Gasteiger partial charge is 0.360 e. The molecule has 0 bridgehead atoms. The lowest BCUT2D eigenvalue weighted by Crippen LogP contribution is -2.17. The Bertz CT molecular complexity index is 829. The van der Waals surface area contributed by atoms with Gasteiger partial charge in [0.25, 0.3) is 0 Å². The molecular weight excluding hydrogens is 288 g/mol. The molecule has 0 aliphatic rings. The molecule has 0 saturated heterocycles. The second-order valence-electron chi connectivity index (χ2n) is 6.11. The minimum Gasteiger partial charge on any atom is -0.360 e. The molecule has 6 heteroatoms. The van der Waals surface area contributed by atoms with Crippen LogP contribution in [0.15, 0.2) is 18.5 Å². The third-order valence-electron chi connectivity index (χ3n) is 4.25. The molecule has 122 valence electrons. The smallest absolute Gasteiger partial charge is 0.160 e. The zero-order valence-corrected chi connectivity index (χ0v) is 14.5. The molecule has 3 aromatic heterocycles. The monoisotopic (exact) mass is 312 g/mol. The first-order valence-corrected chi connectivity index (χ1v) is 8.08. The maximum absolute atomic E-state index is 4.64. The van der Waals surface area contributed by atoms with E-state index in [0.29, 0.717) is 0 Å². The van der Waals surface area contributed by atoms with Gasteiger partial charge in [0.1, 0.15) is 11.6 Å². The molecule has 6 nitrogen and oxygen atoms in total. The quantitative estimate of drug-likeness (QED) is 0.785. The summed E-state index contributed by atoms with van der Waals surface area (Å²) in [5.74, 6) is 2.00.